The van der Waals surface area contributed by atoms with Crippen molar-refractivity contribution < 1.29 is 4.39 Å². The van der Waals surface area contributed by atoms with Crippen molar-refractivity contribution in [2.45, 2.75) is 45.4 Å². The van der Waals surface area contributed by atoms with Gasteiger partial charge in [-0.15, -0.1) is 0 Å². The number of hydrogen-bond donors (Lipinski definition) is 0. The minimum Gasteiger partial charge on any atom is -0.212 e. The molecule has 2 aliphatic carbocycles. The van der Waals surface area contributed by atoms with Crippen LogP contribution in [0.15, 0.2) is 23.0 Å². The molecule has 0 amide bonds. The highest BCUT2D eigenvalue weighted by Gasteiger charge is 2.24. The summed E-state index contributed by atoms with van der Waals surface area (Å²) >= 11 is 0. The van der Waals surface area contributed by atoms with E-state index in [1.165, 1.54) is 18.4 Å². The van der Waals surface area contributed by atoms with Gasteiger partial charge < -0.3 is 0 Å². The first-order valence-electron chi connectivity index (χ1n) is 5.38. The van der Waals surface area contributed by atoms with Crippen LogP contribution in [0.4, 0.5) is 4.39 Å². The second kappa shape index (κ2) is 3.65. The van der Waals surface area contributed by atoms with E-state index >= 15 is 0 Å². The second-order valence-corrected chi connectivity index (χ2v) is 4.17. The highest BCUT2D eigenvalue weighted by Crippen LogP contribution is 2.40. The summed E-state index contributed by atoms with van der Waals surface area (Å²) in [6.07, 6.45) is 8.37. The molecule has 0 aliphatic heterocycles. The van der Waals surface area contributed by atoms with E-state index in [0.717, 1.165) is 30.8 Å². The summed E-state index contributed by atoms with van der Waals surface area (Å²) in [7, 11) is 0. The Hall–Kier alpha value is -0.590. The van der Waals surface area contributed by atoms with Crippen LogP contribution in [-0.2, 0) is 0 Å². The Morgan fingerprint density at radius 3 is 3.08 bits per heavy atom. The Balaban J connectivity index is 2.19. The maximum atomic E-state index is 13.5. The Morgan fingerprint density at radius 1 is 1.46 bits per heavy atom. The van der Waals surface area contributed by atoms with Gasteiger partial charge in [0.25, 0.3) is 0 Å². The van der Waals surface area contributed by atoms with Crippen molar-refractivity contribution in [1.82, 2.24) is 0 Å². The predicted octanol–water partition coefficient (Wildman–Crippen LogP) is 4.14. The van der Waals surface area contributed by atoms with Crippen LogP contribution in [0.2, 0.25) is 0 Å². The SMILES string of the molecule is CCC1CCC2=CCCC(F)=C2C1. The molecule has 1 saturated carbocycles. The lowest BCUT2D eigenvalue weighted by atomic mass is 9.78. The molecule has 0 N–H and O–H groups in total. The third kappa shape index (κ3) is 1.70. The molecule has 0 heterocycles. The summed E-state index contributed by atoms with van der Waals surface area (Å²) in [5.41, 5.74) is 2.37. The Kier molecular flexibility index (Phi) is 2.52. The fraction of sp³-hybridized carbons (Fsp3) is 0.667. The van der Waals surface area contributed by atoms with Crippen LogP contribution in [0.3, 0.4) is 0 Å². The van der Waals surface area contributed by atoms with Crippen molar-refractivity contribution in [2.75, 3.05) is 0 Å². The number of halogens is 1. The maximum absolute atomic E-state index is 13.5. The van der Waals surface area contributed by atoms with Gasteiger partial charge in [-0.2, -0.15) is 0 Å². The number of hydrogen-bond acceptors (Lipinski definition) is 0. The van der Waals surface area contributed by atoms with Crippen LogP contribution in [0.5, 0.6) is 0 Å². The quantitative estimate of drug-likeness (QED) is 0.569. The van der Waals surface area contributed by atoms with Gasteiger partial charge in [-0.25, -0.2) is 4.39 Å². The van der Waals surface area contributed by atoms with Gasteiger partial charge in [0.05, 0.1) is 0 Å². The molecule has 13 heavy (non-hydrogen) atoms. The van der Waals surface area contributed by atoms with Crippen LogP contribution in [0.1, 0.15) is 45.4 Å². The molecule has 1 heteroatoms. The van der Waals surface area contributed by atoms with Gasteiger partial charge in [-0.1, -0.05) is 19.4 Å². The minimum absolute atomic E-state index is 0.177. The summed E-state index contributed by atoms with van der Waals surface area (Å²) in [5, 5.41) is 0. The van der Waals surface area contributed by atoms with Crippen molar-refractivity contribution in [1.29, 1.82) is 0 Å². The van der Waals surface area contributed by atoms with Gasteiger partial charge in [-0.3, -0.25) is 0 Å². The highest BCUT2D eigenvalue weighted by molar-refractivity contribution is 5.38. The zero-order valence-electron chi connectivity index (χ0n) is 8.28. The average Bonchev–Trinajstić information content (AvgIpc) is 2.18. The summed E-state index contributed by atoms with van der Waals surface area (Å²) < 4.78 is 13.5. The second-order valence-electron chi connectivity index (χ2n) is 4.17. The molecule has 0 radical (unpaired) electrons. The van der Waals surface area contributed by atoms with Gasteiger partial charge in [0.2, 0.25) is 0 Å². The van der Waals surface area contributed by atoms with Crippen molar-refractivity contribution in [2.24, 2.45) is 5.92 Å². The highest BCUT2D eigenvalue weighted by atomic mass is 19.1. The molecule has 0 spiro atoms. The summed E-state index contributed by atoms with van der Waals surface area (Å²) in [5.74, 6) is 0.909. The summed E-state index contributed by atoms with van der Waals surface area (Å²) in [6.45, 7) is 2.21. The van der Waals surface area contributed by atoms with Gasteiger partial charge >= 0.3 is 0 Å². The first kappa shape index (κ1) is 8.98. The smallest absolute Gasteiger partial charge is 0.104 e. The molecular weight excluding hydrogens is 163 g/mol. The predicted molar refractivity (Wildman–Crippen MR) is 53.1 cm³/mol. The fourth-order valence-corrected chi connectivity index (χ4v) is 2.42. The van der Waals surface area contributed by atoms with Crippen molar-refractivity contribution >= 4 is 0 Å². The molecule has 0 bridgehead atoms. The standard InChI is InChI=1S/C12H17F/c1-2-9-6-7-10-4-3-5-12(13)11(10)8-9/h4,9H,2-3,5-8H2,1H3. The molecule has 2 aliphatic rings. The molecule has 1 atom stereocenters. The molecule has 0 saturated heterocycles. The number of allylic oxidation sites excluding steroid dienone is 4. The topological polar surface area (TPSA) is 0 Å². The minimum atomic E-state index is 0.177. The molecule has 0 aromatic heterocycles. The lowest BCUT2D eigenvalue weighted by Gasteiger charge is -2.28. The lowest BCUT2D eigenvalue weighted by molar-refractivity contribution is 0.423. The first-order chi connectivity index (χ1) is 6.31. The third-order valence-electron chi connectivity index (χ3n) is 3.36. The van der Waals surface area contributed by atoms with Crippen molar-refractivity contribution in [3.63, 3.8) is 0 Å². The summed E-state index contributed by atoms with van der Waals surface area (Å²) in [6, 6.07) is 0. The fourth-order valence-electron chi connectivity index (χ4n) is 2.42. The first-order valence-corrected chi connectivity index (χ1v) is 5.38. The zero-order chi connectivity index (χ0) is 9.26. The Bertz CT molecular complexity index is 260. The van der Waals surface area contributed by atoms with Crippen LogP contribution in [0, 0.1) is 5.92 Å². The largest absolute Gasteiger partial charge is 0.212 e. The van der Waals surface area contributed by atoms with E-state index in [2.05, 4.69) is 13.0 Å². The molecule has 0 nitrogen and oxygen atoms in total. The van der Waals surface area contributed by atoms with E-state index < -0.39 is 0 Å². The van der Waals surface area contributed by atoms with Crippen LogP contribution in [-0.4, -0.2) is 0 Å². The van der Waals surface area contributed by atoms with E-state index in [4.69, 9.17) is 0 Å². The van der Waals surface area contributed by atoms with Crippen LogP contribution >= 0.6 is 0 Å². The molecule has 1 unspecified atom stereocenters. The van der Waals surface area contributed by atoms with Gasteiger partial charge in [-0.05, 0) is 42.7 Å². The van der Waals surface area contributed by atoms with E-state index in [1.807, 2.05) is 0 Å². The third-order valence-corrected chi connectivity index (χ3v) is 3.36. The van der Waals surface area contributed by atoms with E-state index in [1.54, 1.807) is 0 Å². The number of rotatable bonds is 1. The monoisotopic (exact) mass is 180 g/mol. The van der Waals surface area contributed by atoms with Gasteiger partial charge in [0.15, 0.2) is 0 Å². The maximum Gasteiger partial charge on any atom is 0.104 e. The molecule has 1 fully saturated rings. The van der Waals surface area contributed by atoms with Crippen LogP contribution in [0.25, 0.3) is 0 Å². The number of fused-ring (bicyclic) bond motifs is 1. The van der Waals surface area contributed by atoms with Gasteiger partial charge in [0.1, 0.15) is 5.83 Å². The van der Waals surface area contributed by atoms with E-state index in [-0.39, 0.29) is 5.83 Å². The molecule has 72 valence electrons. The van der Waals surface area contributed by atoms with Gasteiger partial charge in [0, 0.05) is 6.42 Å². The summed E-state index contributed by atoms with van der Waals surface area (Å²) in [4.78, 5) is 0. The van der Waals surface area contributed by atoms with E-state index in [0.29, 0.717) is 6.42 Å². The zero-order valence-corrected chi connectivity index (χ0v) is 8.28. The van der Waals surface area contributed by atoms with Crippen molar-refractivity contribution in [3.05, 3.63) is 23.0 Å². The molecule has 0 aromatic rings. The molecule has 0 aromatic carbocycles. The normalized spacial score (nSPS) is 28.5. The van der Waals surface area contributed by atoms with Crippen LogP contribution < -0.4 is 0 Å². The molecule has 2 rings (SSSR count). The van der Waals surface area contributed by atoms with E-state index in [9.17, 15) is 4.39 Å². The Morgan fingerprint density at radius 2 is 2.31 bits per heavy atom. The molecular formula is C12H17F. The van der Waals surface area contributed by atoms with Crippen molar-refractivity contribution in [3.8, 4) is 0 Å². The lowest BCUT2D eigenvalue weighted by Crippen LogP contribution is -2.12. The average molecular weight is 180 g/mol. The Labute approximate surface area is 79.5 Å².